The maximum atomic E-state index is 13.4. The monoisotopic (exact) mass is 503 g/mol. The fraction of sp³-hybridized carbons (Fsp3) is 0.792. The molecule has 0 unspecified atom stereocenters. The first-order valence-electron chi connectivity index (χ1n) is 11.8. The molecule has 2 aliphatic rings. The summed E-state index contributed by atoms with van der Waals surface area (Å²) in [6.45, 7) is 10.8. The van der Waals surface area contributed by atoms with Crippen LogP contribution in [0, 0.1) is 5.92 Å². The molecule has 33 heavy (non-hydrogen) atoms. The third-order valence-electron chi connectivity index (χ3n) is 6.35. The maximum absolute atomic E-state index is 13.4. The molecular formula is C24H45N3O4S2. The van der Waals surface area contributed by atoms with E-state index in [2.05, 4.69) is 10.6 Å². The Morgan fingerprint density at radius 2 is 1.79 bits per heavy atom. The van der Waals surface area contributed by atoms with Gasteiger partial charge >= 0.3 is 6.09 Å². The first-order chi connectivity index (χ1) is 14.6. The predicted octanol–water partition coefficient (Wildman–Crippen LogP) is 3.45. The minimum Gasteiger partial charge on any atom is -0.445 e. The molecule has 0 aromatic carbocycles. The van der Waals surface area contributed by atoms with E-state index in [1.54, 1.807) is 4.90 Å². The fourth-order valence-electron chi connectivity index (χ4n) is 4.64. The van der Waals surface area contributed by atoms with Gasteiger partial charge in [0.05, 0.1) is 17.6 Å². The highest BCUT2D eigenvalue weighted by molar-refractivity contribution is 7.59. The molecule has 9 heteroatoms. The molecule has 2 aliphatic heterocycles. The van der Waals surface area contributed by atoms with Gasteiger partial charge in [-0.2, -0.15) is 27.0 Å². The van der Waals surface area contributed by atoms with E-state index in [1.165, 1.54) is 0 Å². The molecule has 0 radical (unpaired) electrons. The molecule has 1 amide bonds. The zero-order valence-corrected chi connectivity index (χ0v) is 23.0. The van der Waals surface area contributed by atoms with Crippen molar-refractivity contribution in [3.63, 3.8) is 0 Å². The Labute approximate surface area is 213 Å². The van der Waals surface area contributed by atoms with Gasteiger partial charge in [0.1, 0.15) is 6.61 Å². The summed E-state index contributed by atoms with van der Waals surface area (Å²) in [7, 11) is 0. The maximum Gasteiger partial charge on any atom is 0.410 e. The molecular weight excluding hydrogens is 458 g/mol. The van der Waals surface area contributed by atoms with Crippen molar-refractivity contribution in [2.45, 2.75) is 90.3 Å². The number of carbonyl (C=O) groups is 3. The van der Waals surface area contributed by atoms with E-state index in [-0.39, 0.29) is 76.3 Å². The number of hydrogen-bond donors (Lipinski definition) is 2. The minimum atomic E-state index is -0.828. The number of nitrogens with zero attached hydrogens (tertiary/aromatic N) is 1. The number of rotatable bonds is 4. The number of fused-ring (bicyclic) bond motifs is 2. The molecule has 0 spiro atoms. The largest absolute Gasteiger partial charge is 0.445 e. The number of allylic oxidation sites excluding steroid dienone is 1. The van der Waals surface area contributed by atoms with Crippen molar-refractivity contribution < 1.29 is 19.1 Å². The quantitative estimate of drug-likeness (QED) is 0.572. The highest BCUT2D eigenvalue weighted by Crippen LogP contribution is 2.26. The highest BCUT2D eigenvalue weighted by Gasteiger charge is 2.47. The van der Waals surface area contributed by atoms with Crippen LogP contribution in [0.3, 0.4) is 0 Å². The lowest BCUT2D eigenvalue weighted by molar-refractivity contribution is -0.129. The molecule has 2 heterocycles. The molecule has 2 atom stereocenters. The first-order valence-corrected chi connectivity index (χ1v) is 11.8. The second-order valence-corrected chi connectivity index (χ2v) is 9.83. The number of ketones is 2. The van der Waals surface area contributed by atoms with Gasteiger partial charge in [0, 0.05) is 25.0 Å². The Bertz CT molecular complexity index is 687. The second kappa shape index (κ2) is 14.4. The van der Waals surface area contributed by atoms with Gasteiger partial charge in [-0.15, -0.1) is 0 Å². The second-order valence-electron chi connectivity index (χ2n) is 9.83. The number of hydrogen-bond acceptors (Lipinski definition) is 6. The predicted molar refractivity (Wildman–Crippen MR) is 143 cm³/mol. The number of carbonyl (C=O) groups excluding carboxylic acids is 3. The lowest BCUT2D eigenvalue weighted by atomic mass is 9.83. The van der Waals surface area contributed by atoms with Crippen LogP contribution in [0.4, 0.5) is 4.79 Å². The van der Waals surface area contributed by atoms with E-state index >= 15 is 0 Å². The van der Waals surface area contributed by atoms with E-state index in [0.29, 0.717) is 19.4 Å². The summed E-state index contributed by atoms with van der Waals surface area (Å²) >= 11 is 0. The van der Waals surface area contributed by atoms with Gasteiger partial charge in [0.2, 0.25) is 0 Å². The summed E-state index contributed by atoms with van der Waals surface area (Å²) in [4.78, 5) is 40.5. The lowest BCUT2D eigenvalue weighted by Gasteiger charge is -2.35. The highest BCUT2D eigenvalue weighted by atomic mass is 32.1. The summed E-state index contributed by atoms with van der Waals surface area (Å²) in [6.07, 6.45) is 8.64. The minimum absolute atomic E-state index is 0. The molecule has 192 valence electrons. The Kier molecular flexibility index (Phi) is 13.9. The molecule has 2 N–H and O–H groups in total. The summed E-state index contributed by atoms with van der Waals surface area (Å²) in [5.41, 5.74) is -1.56. The van der Waals surface area contributed by atoms with Gasteiger partial charge in [-0.1, -0.05) is 38.8 Å². The van der Waals surface area contributed by atoms with Crippen molar-refractivity contribution >= 4 is 44.7 Å². The van der Waals surface area contributed by atoms with Gasteiger partial charge in [-0.05, 0) is 46.5 Å². The Morgan fingerprint density at radius 1 is 1.09 bits per heavy atom. The third kappa shape index (κ3) is 8.92. The van der Waals surface area contributed by atoms with Gasteiger partial charge in [-0.3, -0.25) is 14.9 Å². The summed E-state index contributed by atoms with van der Waals surface area (Å²) in [6, 6.07) is 0.0839. The number of nitrogens with one attached hydrogen (secondary N) is 2. The Balaban J connectivity index is 0.00000512. The number of ether oxygens (including phenoxy) is 1. The lowest BCUT2D eigenvalue weighted by Crippen LogP contribution is -2.61. The summed E-state index contributed by atoms with van der Waals surface area (Å²) in [5.74, 6) is 0.0215. The van der Waals surface area contributed by atoms with Crippen molar-refractivity contribution in [2.24, 2.45) is 5.92 Å². The van der Waals surface area contributed by atoms with Gasteiger partial charge in [0.15, 0.2) is 11.6 Å². The molecule has 0 aliphatic carbocycles. The SMILES string of the molecule is CC(C)N[C@@]12CCN(C1)C(=O)OCC=CCCCCC[C@@](C)(C(=O)C(C)C)NCC2=O.S.S. The average Bonchev–Trinajstić information content (AvgIpc) is 3.14. The van der Waals surface area contributed by atoms with Crippen LogP contribution in [0.15, 0.2) is 12.2 Å². The number of cyclic esters (lactones) is 1. The molecule has 0 saturated carbocycles. The van der Waals surface area contributed by atoms with Gasteiger partial charge < -0.3 is 15.0 Å². The molecule has 0 aromatic rings. The van der Waals surface area contributed by atoms with Gasteiger partial charge in [0.25, 0.3) is 0 Å². The van der Waals surface area contributed by atoms with Crippen molar-refractivity contribution in [2.75, 3.05) is 26.2 Å². The van der Waals surface area contributed by atoms with E-state index in [1.807, 2.05) is 46.8 Å². The summed E-state index contributed by atoms with van der Waals surface area (Å²) in [5, 5.41) is 6.74. The van der Waals surface area contributed by atoms with Crippen LogP contribution in [0.5, 0.6) is 0 Å². The molecule has 2 bridgehead atoms. The molecule has 2 rings (SSSR count). The number of Topliss-reactive ketones (excluding diaryl/α,β-unsaturated/α-hetero) is 2. The topological polar surface area (TPSA) is 87.7 Å². The summed E-state index contributed by atoms with van der Waals surface area (Å²) < 4.78 is 5.37. The van der Waals surface area contributed by atoms with Gasteiger partial charge in [-0.25, -0.2) is 4.79 Å². The van der Waals surface area contributed by atoms with Crippen LogP contribution in [0.2, 0.25) is 0 Å². The zero-order valence-electron chi connectivity index (χ0n) is 21.0. The van der Waals surface area contributed by atoms with E-state index < -0.39 is 11.1 Å². The van der Waals surface area contributed by atoms with E-state index in [0.717, 1.165) is 25.7 Å². The number of amides is 1. The molecule has 7 nitrogen and oxygen atoms in total. The standard InChI is InChI=1S/C24H41N3O4.2H2S/c1-18(2)21(29)23(5)12-10-8-6-7-9-11-15-31-22(30)27-14-13-24(17-27,26-19(3)4)20(28)16-25-23;;/h9,11,18-19,25-26H,6-8,10,12-17H2,1-5H3;2*1H2/t23-,24-;;/m0../s1. The van der Waals surface area contributed by atoms with Crippen LogP contribution >= 0.6 is 27.0 Å². The first kappa shape index (κ1) is 32.0. The molecule has 1 fully saturated rings. The van der Waals surface area contributed by atoms with Crippen LogP contribution in [-0.2, 0) is 14.3 Å². The van der Waals surface area contributed by atoms with Crippen molar-refractivity contribution in [1.29, 1.82) is 0 Å². The average molecular weight is 504 g/mol. The van der Waals surface area contributed by atoms with Crippen molar-refractivity contribution in [1.82, 2.24) is 15.5 Å². The fourth-order valence-corrected chi connectivity index (χ4v) is 4.64. The molecule has 0 aromatic heterocycles. The Hall–Kier alpha value is -1.03. The van der Waals surface area contributed by atoms with E-state index in [9.17, 15) is 14.4 Å². The van der Waals surface area contributed by atoms with Crippen LogP contribution < -0.4 is 10.6 Å². The van der Waals surface area contributed by atoms with E-state index in [4.69, 9.17) is 4.74 Å². The molecule has 1 saturated heterocycles. The van der Waals surface area contributed by atoms with Crippen LogP contribution in [0.25, 0.3) is 0 Å². The van der Waals surface area contributed by atoms with Crippen molar-refractivity contribution in [3.8, 4) is 0 Å². The van der Waals surface area contributed by atoms with Crippen LogP contribution in [-0.4, -0.2) is 65.9 Å². The zero-order chi connectivity index (χ0) is 23.1. The normalized spacial score (nSPS) is 27.5. The third-order valence-corrected chi connectivity index (χ3v) is 6.35. The van der Waals surface area contributed by atoms with Crippen LogP contribution in [0.1, 0.15) is 73.1 Å². The Morgan fingerprint density at radius 3 is 2.42 bits per heavy atom. The smallest absolute Gasteiger partial charge is 0.410 e. The van der Waals surface area contributed by atoms with Crippen molar-refractivity contribution in [3.05, 3.63) is 12.2 Å².